The van der Waals surface area contributed by atoms with Gasteiger partial charge < -0.3 is 10.1 Å². The third kappa shape index (κ3) is 5.57. The van der Waals surface area contributed by atoms with Gasteiger partial charge in [-0.3, -0.25) is 4.79 Å². The van der Waals surface area contributed by atoms with Crippen LogP contribution in [0, 0.1) is 17.6 Å². The normalized spacial score (nSPS) is 15.1. The highest BCUT2D eigenvalue weighted by atomic mass is 32.2. The Morgan fingerprint density at radius 2 is 1.82 bits per heavy atom. The Kier molecular flexibility index (Phi) is 7.18. The standard InChI is InChI=1S/C24H23F2N3O4S/c25-19-4-3-5-20(14-19)33-23-9-8-17(15-27-23)16-28-24(30)18-10-12-29(13-11-18)34(31,32)22-7-2-1-6-21(22)26/h1-9,14-15,18H,10-13,16H2,(H,28,30). The van der Waals surface area contributed by atoms with Crippen molar-refractivity contribution in [2.75, 3.05) is 13.1 Å². The van der Waals surface area contributed by atoms with Gasteiger partial charge in [0.2, 0.25) is 21.8 Å². The van der Waals surface area contributed by atoms with Gasteiger partial charge in [0.25, 0.3) is 0 Å². The molecule has 1 aliphatic heterocycles. The molecule has 1 saturated heterocycles. The average molecular weight is 488 g/mol. The smallest absolute Gasteiger partial charge is 0.245 e. The van der Waals surface area contributed by atoms with Crippen molar-refractivity contribution in [1.29, 1.82) is 0 Å². The van der Waals surface area contributed by atoms with E-state index >= 15 is 0 Å². The van der Waals surface area contributed by atoms with E-state index < -0.39 is 21.7 Å². The van der Waals surface area contributed by atoms with E-state index in [4.69, 9.17) is 4.74 Å². The maximum atomic E-state index is 14.0. The molecule has 7 nitrogen and oxygen atoms in total. The van der Waals surface area contributed by atoms with Crippen molar-refractivity contribution in [3.63, 3.8) is 0 Å². The summed E-state index contributed by atoms with van der Waals surface area (Å²) < 4.78 is 59.3. The predicted octanol–water partition coefficient (Wildman–Crippen LogP) is 3.87. The van der Waals surface area contributed by atoms with Crippen LogP contribution in [0.3, 0.4) is 0 Å². The van der Waals surface area contributed by atoms with E-state index in [-0.39, 0.29) is 36.4 Å². The number of rotatable bonds is 7. The molecule has 10 heteroatoms. The molecule has 3 aromatic rings. The van der Waals surface area contributed by atoms with Gasteiger partial charge in [-0.25, -0.2) is 22.2 Å². The number of hydrogen-bond donors (Lipinski definition) is 1. The number of sulfonamides is 1. The fraction of sp³-hybridized carbons (Fsp3) is 0.250. The van der Waals surface area contributed by atoms with Gasteiger partial charge >= 0.3 is 0 Å². The fourth-order valence-electron chi connectivity index (χ4n) is 3.71. The van der Waals surface area contributed by atoms with Crippen LogP contribution in [0.5, 0.6) is 11.6 Å². The number of amides is 1. The minimum Gasteiger partial charge on any atom is -0.439 e. The first-order valence-electron chi connectivity index (χ1n) is 10.7. The monoisotopic (exact) mass is 487 g/mol. The summed E-state index contributed by atoms with van der Waals surface area (Å²) in [5.41, 5.74) is 0.750. The largest absolute Gasteiger partial charge is 0.439 e. The number of carbonyl (C=O) groups excluding carboxylic acids is 1. The van der Waals surface area contributed by atoms with Crippen LogP contribution in [-0.4, -0.2) is 36.7 Å². The highest BCUT2D eigenvalue weighted by molar-refractivity contribution is 7.89. The van der Waals surface area contributed by atoms with Gasteiger partial charge in [-0.1, -0.05) is 24.3 Å². The molecular weight excluding hydrogens is 464 g/mol. The van der Waals surface area contributed by atoms with Gasteiger partial charge in [0, 0.05) is 43.9 Å². The second kappa shape index (κ2) is 10.3. The summed E-state index contributed by atoms with van der Waals surface area (Å²) in [6, 6.07) is 14.4. The number of benzene rings is 2. The Morgan fingerprint density at radius 1 is 1.06 bits per heavy atom. The topological polar surface area (TPSA) is 88.6 Å². The third-order valence-corrected chi connectivity index (χ3v) is 7.49. The Balaban J connectivity index is 1.27. The quantitative estimate of drug-likeness (QED) is 0.547. The van der Waals surface area contributed by atoms with Crippen molar-refractivity contribution < 1.29 is 26.7 Å². The first-order chi connectivity index (χ1) is 16.3. The second-order valence-electron chi connectivity index (χ2n) is 7.89. The number of hydrogen-bond acceptors (Lipinski definition) is 5. The molecule has 0 radical (unpaired) electrons. The van der Waals surface area contributed by atoms with Gasteiger partial charge in [-0.15, -0.1) is 0 Å². The van der Waals surface area contributed by atoms with Crippen LogP contribution < -0.4 is 10.1 Å². The molecule has 0 bridgehead atoms. The first kappa shape index (κ1) is 23.8. The van der Waals surface area contributed by atoms with Crippen LogP contribution in [0.2, 0.25) is 0 Å². The number of nitrogens with one attached hydrogen (secondary N) is 1. The molecule has 0 spiro atoms. The lowest BCUT2D eigenvalue weighted by atomic mass is 9.97. The van der Waals surface area contributed by atoms with Crippen molar-refractivity contribution in [2.45, 2.75) is 24.3 Å². The summed E-state index contributed by atoms with van der Waals surface area (Å²) in [6.45, 7) is 0.532. The Bertz CT molecular complexity index is 1260. The van der Waals surface area contributed by atoms with Crippen molar-refractivity contribution in [1.82, 2.24) is 14.6 Å². The average Bonchev–Trinajstić information content (AvgIpc) is 2.84. The SMILES string of the molecule is O=C(NCc1ccc(Oc2cccc(F)c2)nc1)C1CCN(S(=O)(=O)c2ccccc2F)CC1. The summed E-state index contributed by atoms with van der Waals surface area (Å²) in [5, 5.41) is 2.84. The molecule has 2 aromatic carbocycles. The molecule has 0 atom stereocenters. The summed E-state index contributed by atoms with van der Waals surface area (Å²) in [4.78, 5) is 16.4. The zero-order valence-corrected chi connectivity index (χ0v) is 19.0. The maximum absolute atomic E-state index is 14.0. The van der Waals surface area contributed by atoms with Crippen LogP contribution in [0.4, 0.5) is 8.78 Å². The van der Waals surface area contributed by atoms with Crippen molar-refractivity contribution in [3.05, 3.63) is 84.1 Å². The summed E-state index contributed by atoms with van der Waals surface area (Å²) in [5.74, 6) is -1.09. The lowest BCUT2D eigenvalue weighted by Crippen LogP contribution is -2.43. The number of pyridine rings is 1. The lowest BCUT2D eigenvalue weighted by molar-refractivity contribution is -0.126. The van der Waals surface area contributed by atoms with Crippen LogP contribution in [-0.2, 0) is 21.4 Å². The minimum atomic E-state index is -3.94. The van der Waals surface area contributed by atoms with E-state index in [2.05, 4.69) is 10.3 Å². The maximum Gasteiger partial charge on any atom is 0.245 e. The summed E-state index contributed by atoms with van der Waals surface area (Å²) in [7, 11) is -3.94. The van der Waals surface area contributed by atoms with E-state index in [0.717, 1.165) is 11.6 Å². The number of piperidine rings is 1. The molecule has 2 heterocycles. The molecule has 4 rings (SSSR count). The number of halogens is 2. The van der Waals surface area contributed by atoms with Crippen LogP contribution >= 0.6 is 0 Å². The Hall–Kier alpha value is -3.37. The van der Waals surface area contributed by atoms with E-state index in [1.54, 1.807) is 24.4 Å². The number of aromatic nitrogens is 1. The van der Waals surface area contributed by atoms with E-state index in [1.807, 2.05) is 0 Å². The van der Waals surface area contributed by atoms with E-state index in [1.165, 1.54) is 40.7 Å². The molecule has 0 aliphatic carbocycles. The summed E-state index contributed by atoms with van der Waals surface area (Å²) in [6.07, 6.45) is 2.24. The molecule has 0 saturated carbocycles. The van der Waals surface area contributed by atoms with Crippen molar-refractivity contribution in [3.8, 4) is 11.6 Å². The number of nitrogens with zero attached hydrogens (tertiary/aromatic N) is 2. The minimum absolute atomic E-state index is 0.141. The molecule has 1 aliphatic rings. The summed E-state index contributed by atoms with van der Waals surface area (Å²) >= 11 is 0. The van der Waals surface area contributed by atoms with Gasteiger partial charge in [0.15, 0.2) is 0 Å². The zero-order valence-electron chi connectivity index (χ0n) is 18.2. The Labute approximate surface area is 196 Å². The predicted molar refractivity (Wildman–Crippen MR) is 120 cm³/mol. The molecule has 1 aromatic heterocycles. The van der Waals surface area contributed by atoms with Gasteiger partial charge in [-0.05, 0) is 42.7 Å². The highest BCUT2D eigenvalue weighted by Crippen LogP contribution is 2.25. The lowest BCUT2D eigenvalue weighted by Gasteiger charge is -2.30. The second-order valence-corrected chi connectivity index (χ2v) is 9.80. The molecule has 1 N–H and O–H groups in total. The zero-order chi connectivity index (χ0) is 24.1. The van der Waals surface area contributed by atoms with Gasteiger partial charge in [-0.2, -0.15) is 4.31 Å². The van der Waals surface area contributed by atoms with Gasteiger partial charge in [0.1, 0.15) is 22.3 Å². The van der Waals surface area contributed by atoms with E-state index in [0.29, 0.717) is 24.5 Å². The van der Waals surface area contributed by atoms with Crippen molar-refractivity contribution in [2.24, 2.45) is 5.92 Å². The third-order valence-electron chi connectivity index (χ3n) is 5.56. The first-order valence-corrected chi connectivity index (χ1v) is 12.2. The molecule has 0 unspecified atom stereocenters. The van der Waals surface area contributed by atoms with E-state index in [9.17, 15) is 22.0 Å². The molecule has 34 heavy (non-hydrogen) atoms. The number of carbonyl (C=O) groups is 1. The van der Waals surface area contributed by atoms with Gasteiger partial charge in [0.05, 0.1) is 0 Å². The molecule has 1 fully saturated rings. The highest BCUT2D eigenvalue weighted by Gasteiger charge is 2.33. The van der Waals surface area contributed by atoms with Crippen LogP contribution in [0.1, 0.15) is 18.4 Å². The van der Waals surface area contributed by atoms with Crippen LogP contribution in [0.25, 0.3) is 0 Å². The molecular formula is C24H23F2N3O4S. The van der Waals surface area contributed by atoms with Crippen molar-refractivity contribution >= 4 is 15.9 Å². The Morgan fingerprint density at radius 3 is 2.50 bits per heavy atom. The van der Waals surface area contributed by atoms with Crippen LogP contribution in [0.15, 0.2) is 71.8 Å². The fourth-order valence-corrected chi connectivity index (χ4v) is 5.25. The number of ether oxygens (including phenoxy) is 1. The molecule has 1 amide bonds. The molecule has 178 valence electrons.